The van der Waals surface area contributed by atoms with Crippen LogP contribution in [-0.2, 0) is 0 Å². The minimum atomic E-state index is 1.19. The average Bonchev–Trinajstić information content (AvgIpc) is 1.77. The molecule has 0 aromatic rings. The molecule has 8 heavy (non-hydrogen) atoms. The first-order valence-electron chi connectivity index (χ1n) is 2.39. The number of nitrogens with zero attached hydrogens (tertiary/aromatic N) is 2. The zero-order chi connectivity index (χ0) is 5.98. The summed E-state index contributed by atoms with van der Waals surface area (Å²) >= 11 is 1.60. The van der Waals surface area contributed by atoms with E-state index in [0.717, 1.165) is 0 Å². The molecule has 0 aliphatic carbocycles. The minimum absolute atomic E-state index is 1.19. The van der Waals surface area contributed by atoms with Crippen molar-refractivity contribution in [3.8, 4) is 0 Å². The Morgan fingerprint density at radius 1 is 1.75 bits per heavy atom. The summed E-state index contributed by atoms with van der Waals surface area (Å²) in [5, 5.41) is 0. The van der Waals surface area contributed by atoms with Gasteiger partial charge in [0.1, 0.15) is 0 Å². The first kappa shape index (κ1) is 5.69. The van der Waals surface area contributed by atoms with Crippen LogP contribution >= 0.6 is 11.9 Å². The van der Waals surface area contributed by atoms with Crippen LogP contribution in [0, 0.1) is 0 Å². The second-order valence-electron chi connectivity index (χ2n) is 1.63. The van der Waals surface area contributed by atoms with Crippen molar-refractivity contribution in [2.45, 2.75) is 6.92 Å². The van der Waals surface area contributed by atoms with Crippen molar-refractivity contribution < 1.29 is 0 Å². The van der Waals surface area contributed by atoms with E-state index in [0.29, 0.717) is 0 Å². The molecule has 2 nitrogen and oxygen atoms in total. The lowest BCUT2D eigenvalue weighted by Crippen LogP contribution is -2.07. The highest BCUT2D eigenvalue weighted by Gasteiger charge is 1.98. The van der Waals surface area contributed by atoms with Gasteiger partial charge in [-0.25, -0.2) is 0 Å². The Morgan fingerprint density at radius 3 is 2.88 bits per heavy atom. The summed E-state index contributed by atoms with van der Waals surface area (Å²) in [6.07, 6.45) is 1.84. The minimum Gasteiger partial charge on any atom is -0.317 e. The van der Waals surface area contributed by atoms with E-state index in [1.807, 2.05) is 25.7 Å². The topological polar surface area (TPSA) is 15.6 Å². The number of hydrogen-bond donors (Lipinski definition) is 0. The van der Waals surface area contributed by atoms with E-state index >= 15 is 0 Å². The maximum absolute atomic E-state index is 3.94. The van der Waals surface area contributed by atoms with Gasteiger partial charge in [0.2, 0.25) is 0 Å². The fourth-order valence-electron chi connectivity index (χ4n) is 0.401. The van der Waals surface area contributed by atoms with Crippen LogP contribution in [0.4, 0.5) is 0 Å². The number of aliphatic imine (C=N–C) groups is 1. The lowest BCUT2D eigenvalue weighted by Gasteiger charge is -2.16. The van der Waals surface area contributed by atoms with E-state index < -0.39 is 0 Å². The normalized spacial score (nSPS) is 18.8. The lowest BCUT2D eigenvalue weighted by molar-refractivity contribution is 0.703. The molecule has 1 rings (SSSR count). The van der Waals surface area contributed by atoms with Gasteiger partial charge in [0.15, 0.2) is 0 Å². The summed E-state index contributed by atoms with van der Waals surface area (Å²) in [4.78, 5) is 3.94. The number of allylic oxidation sites excluding steroid dienone is 1. The molecule has 1 heterocycles. The predicted octanol–water partition coefficient (Wildman–Crippen LogP) is 1.47. The Balaban J connectivity index is 2.66. The zero-order valence-electron chi connectivity index (χ0n) is 4.96. The summed E-state index contributed by atoms with van der Waals surface area (Å²) in [5.41, 5.74) is 3.00. The van der Waals surface area contributed by atoms with Gasteiger partial charge in [0.25, 0.3) is 0 Å². The lowest BCUT2D eigenvalue weighted by atomic mass is 10.5. The van der Waals surface area contributed by atoms with E-state index in [1.165, 1.54) is 5.70 Å². The maximum atomic E-state index is 3.94. The zero-order valence-corrected chi connectivity index (χ0v) is 5.77. The molecule has 3 heteroatoms. The van der Waals surface area contributed by atoms with Gasteiger partial charge in [0, 0.05) is 18.9 Å². The maximum Gasteiger partial charge on any atom is 0.0808 e. The van der Waals surface area contributed by atoms with Crippen LogP contribution in [0.25, 0.3) is 0 Å². The quantitative estimate of drug-likeness (QED) is 0.459. The summed E-state index contributed by atoms with van der Waals surface area (Å²) in [5.74, 6) is 0. The highest BCUT2D eigenvalue weighted by atomic mass is 32.2. The Hall–Kier alpha value is -0.440. The van der Waals surface area contributed by atoms with E-state index in [-0.39, 0.29) is 0 Å². The van der Waals surface area contributed by atoms with Crippen LogP contribution in [-0.4, -0.2) is 16.9 Å². The van der Waals surface area contributed by atoms with Gasteiger partial charge in [-0.3, -0.25) is 4.99 Å². The standard InChI is InChI=1S/C5H8N2S/c1-5-3-6-4-8-7(5)2/h3-4H,1-2H3. The Kier molecular flexibility index (Phi) is 1.58. The molecular weight excluding hydrogens is 120 g/mol. The summed E-state index contributed by atoms with van der Waals surface area (Å²) in [6, 6.07) is 0. The third kappa shape index (κ3) is 1.04. The van der Waals surface area contributed by atoms with Crippen LogP contribution in [0.5, 0.6) is 0 Å². The van der Waals surface area contributed by atoms with Crippen molar-refractivity contribution >= 4 is 17.5 Å². The number of rotatable bonds is 0. The fraction of sp³-hybridized carbons (Fsp3) is 0.400. The Labute approximate surface area is 53.4 Å². The van der Waals surface area contributed by atoms with Gasteiger partial charge in [-0.1, -0.05) is 0 Å². The molecule has 0 radical (unpaired) electrons. The van der Waals surface area contributed by atoms with Crippen LogP contribution in [0.1, 0.15) is 6.92 Å². The van der Waals surface area contributed by atoms with Crippen molar-refractivity contribution in [1.29, 1.82) is 0 Å². The Bertz CT molecular complexity index is 139. The van der Waals surface area contributed by atoms with Crippen molar-refractivity contribution in [1.82, 2.24) is 4.31 Å². The fourth-order valence-corrected chi connectivity index (χ4v) is 0.871. The van der Waals surface area contributed by atoms with E-state index in [4.69, 9.17) is 0 Å². The van der Waals surface area contributed by atoms with Gasteiger partial charge in [-0.2, -0.15) is 0 Å². The van der Waals surface area contributed by atoms with Gasteiger partial charge in [-0.15, -0.1) is 0 Å². The van der Waals surface area contributed by atoms with Gasteiger partial charge < -0.3 is 4.31 Å². The first-order chi connectivity index (χ1) is 3.80. The molecule has 0 bridgehead atoms. The molecule has 0 spiro atoms. The molecule has 0 fully saturated rings. The van der Waals surface area contributed by atoms with Gasteiger partial charge >= 0.3 is 0 Å². The van der Waals surface area contributed by atoms with Gasteiger partial charge in [0.05, 0.1) is 5.55 Å². The Morgan fingerprint density at radius 2 is 2.50 bits per heavy atom. The molecule has 0 aromatic carbocycles. The van der Waals surface area contributed by atoms with E-state index in [2.05, 4.69) is 9.30 Å². The van der Waals surface area contributed by atoms with Crippen LogP contribution in [0.3, 0.4) is 0 Å². The highest BCUT2D eigenvalue weighted by molar-refractivity contribution is 8.10. The second kappa shape index (κ2) is 2.22. The largest absolute Gasteiger partial charge is 0.317 e. The van der Waals surface area contributed by atoms with Crippen molar-refractivity contribution in [3.05, 3.63) is 11.9 Å². The molecule has 0 saturated heterocycles. The predicted molar refractivity (Wildman–Crippen MR) is 37.6 cm³/mol. The smallest absolute Gasteiger partial charge is 0.0808 e. The van der Waals surface area contributed by atoms with Crippen LogP contribution in [0.15, 0.2) is 16.9 Å². The summed E-state index contributed by atoms with van der Waals surface area (Å²) < 4.78 is 2.06. The van der Waals surface area contributed by atoms with Crippen LogP contribution < -0.4 is 0 Å². The molecule has 0 unspecified atom stereocenters. The molecule has 0 aromatic heterocycles. The summed E-state index contributed by atoms with van der Waals surface area (Å²) in [6.45, 7) is 2.03. The molecular formula is C5H8N2S. The van der Waals surface area contributed by atoms with Gasteiger partial charge in [-0.05, 0) is 18.9 Å². The monoisotopic (exact) mass is 128 g/mol. The third-order valence-corrected chi connectivity index (χ3v) is 1.84. The average molecular weight is 128 g/mol. The van der Waals surface area contributed by atoms with Crippen molar-refractivity contribution in [3.63, 3.8) is 0 Å². The van der Waals surface area contributed by atoms with E-state index in [9.17, 15) is 0 Å². The third-order valence-electron chi connectivity index (χ3n) is 1.02. The molecule has 1 aliphatic rings. The number of hydrogen-bond acceptors (Lipinski definition) is 3. The SMILES string of the molecule is CC1=CN=CSN1C. The molecule has 44 valence electrons. The molecule has 0 amide bonds. The summed E-state index contributed by atoms with van der Waals surface area (Å²) in [7, 11) is 2.02. The van der Waals surface area contributed by atoms with Crippen LogP contribution in [0.2, 0.25) is 0 Å². The molecule has 0 atom stereocenters. The molecule has 0 N–H and O–H groups in total. The first-order valence-corrected chi connectivity index (χ1v) is 3.23. The van der Waals surface area contributed by atoms with Crippen molar-refractivity contribution in [2.24, 2.45) is 4.99 Å². The molecule has 1 aliphatic heterocycles. The van der Waals surface area contributed by atoms with Crippen molar-refractivity contribution in [2.75, 3.05) is 7.05 Å². The second-order valence-corrected chi connectivity index (χ2v) is 2.60. The molecule has 0 saturated carbocycles. The van der Waals surface area contributed by atoms with E-state index in [1.54, 1.807) is 11.9 Å². The highest BCUT2D eigenvalue weighted by Crippen LogP contribution is 2.14.